The van der Waals surface area contributed by atoms with Crippen molar-refractivity contribution in [2.45, 2.75) is 46.5 Å². The molecule has 1 aromatic carbocycles. The summed E-state index contributed by atoms with van der Waals surface area (Å²) in [4.78, 5) is 11.4. The fraction of sp³-hybridized carbons (Fsp3) is 0.588. The van der Waals surface area contributed by atoms with Crippen molar-refractivity contribution in [1.82, 2.24) is 0 Å². The summed E-state index contributed by atoms with van der Waals surface area (Å²) in [5.74, 6) is -0.435. The zero-order valence-corrected chi connectivity index (χ0v) is 12.1. The molecule has 0 spiro atoms. The van der Waals surface area contributed by atoms with Crippen LogP contribution in [0.15, 0.2) is 30.3 Å². The standard InChI is InChI=1S/C17H24O2/c1-16(2)14(11-12-17(16,3)15(18)19)10-9-13-7-5-4-6-8-13/h4-8,14H,9-12H2,1-3H3,(H,18,19)/p-1/t14-,17+/m1/s1. The molecule has 0 unspecified atom stereocenters. The van der Waals surface area contributed by atoms with Gasteiger partial charge >= 0.3 is 0 Å². The molecule has 2 nitrogen and oxygen atoms in total. The molecule has 2 atom stereocenters. The second-order valence-corrected chi connectivity index (χ2v) is 6.60. The first kappa shape index (κ1) is 14.1. The van der Waals surface area contributed by atoms with Crippen LogP contribution >= 0.6 is 0 Å². The minimum absolute atomic E-state index is 0.194. The third kappa shape index (κ3) is 2.41. The molecule has 104 valence electrons. The van der Waals surface area contributed by atoms with Crippen molar-refractivity contribution in [1.29, 1.82) is 0 Å². The van der Waals surface area contributed by atoms with E-state index in [9.17, 15) is 9.90 Å². The molecule has 1 aliphatic rings. The van der Waals surface area contributed by atoms with E-state index in [-0.39, 0.29) is 5.41 Å². The van der Waals surface area contributed by atoms with Crippen molar-refractivity contribution < 1.29 is 9.90 Å². The number of benzene rings is 1. The summed E-state index contributed by atoms with van der Waals surface area (Å²) in [6, 6.07) is 10.4. The van der Waals surface area contributed by atoms with Crippen LogP contribution in [-0.4, -0.2) is 5.97 Å². The van der Waals surface area contributed by atoms with Gasteiger partial charge in [-0.15, -0.1) is 0 Å². The Bertz CT molecular complexity index is 450. The van der Waals surface area contributed by atoms with Crippen LogP contribution in [0.3, 0.4) is 0 Å². The van der Waals surface area contributed by atoms with E-state index in [1.165, 1.54) is 5.56 Å². The van der Waals surface area contributed by atoms with Crippen molar-refractivity contribution >= 4 is 5.97 Å². The van der Waals surface area contributed by atoms with Crippen molar-refractivity contribution in [2.75, 3.05) is 0 Å². The normalized spacial score (nSPS) is 29.3. The minimum atomic E-state index is -0.889. The highest BCUT2D eigenvalue weighted by molar-refractivity contribution is 5.73. The average molecular weight is 259 g/mol. The van der Waals surface area contributed by atoms with Crippen LogP contribution in [0, 0.1) is 16.7 Å². The van der Waals surface area contributed by atoms with Crippen LogP contribution in [0.1, 0.15) is 45.6 Å². The lowest BCUT2D eigenvalue weighted by molar-refractivity contribution is -0.323. The highest BCUT2D eigenvalue weighted by Gasteiger charge is 2.51. The minimum Gasteiger partial charge on any atom is -0.550 e. The van der Waals surface area contributed by atoms with E-state index in [1.54, 1.807) is 0 Å². The number of carboxylic acids is 1. The second kappa shape index (κ2) is 4.99. The third-order valence-corrected chi connectivity index (χ3v) is 5.51. The number of carboxylic acid groups (broad SMARTS) is 1. The smallest absolute Gasteiger partial charge is 0.0478 e. The summed E-state index contributed by atoms with van der Waals surface area (Å²) in [7, 11) is 0. The van der Waals surface area contributed by atoms with E-state index >= 15 is 0 Å². The van der Waals surface area contributed by atoms with E-state index in [2.05, 4.69) is 38.1 Å². The van der Waals surface area contributed by atoms with Gasteiger partial charge in [-0.05, 0) is 42.6 Å². The predicted octanol–water partition coefficient (Wildman–Crippen LogP) is 2.81. The molecule has 0 saturated heterocycles. The van der Waals surface area contributed by atoms with Crippen LogP contribution in [0.5, 0.6) is 0 Å². The van der Waals surface area contributed by atoms with Crippen LogP contribution in [-0.2, 0) is 11.2 Å². The molecule has 19 heavy (non-hydrogen) atoms. The topological polar surface area (TPSA) is 40.1 Å². The van der Waals surface area contributed by atoms with E-state index < -0.39 is 11.4 Å². The summed E-state index contributed by atoms with van der Waals surface area (Å²) in [6.45, 7) is 6.03. The van der Waals surface area contributed by atoms with Gasteiger partial charge in [0.15, 0.2) is 0 Å². The molecule has 0 N–H and O–H groups in total. The molecule has 0 amide bonds. The maximum Gasteiger partial charge on any atom is 0.0478 e. The number of hydrogen-bond acceptors (Lipinski definition) is 2. The lowest BCUT2D eigenvalue weighted by Gasteiger charge is -2.42. The number of rotatable bonds is 4. The quantitative estimate of drug-likeness (QED) is 0.834. The number of carbonyl (C=O) groups is 1. The van der Waals surface area contributed by atoms with E-state index in [0.29, 0.717) is 5.92 Å². The third-order valence-electron chi connectivity index (χ3n) is 5.51. The van der Waals surface area contributed by atoms with Crippen molar-refractivity contribution in [3.63, 3.8) is 0 Å². The monoisotopic (exact) mass is 259 g/mol. The number of carbonyl (C=O) groups excluding carboxylic acids is 1. The summed E-state index contributed by atoms with van der Waals surface area (Å²) >= 11 is 0. The summed E-state index contributed by atoms with van der Waals surface area (Å²) in [5.41, 5.74) is 0.454. The number of aliphatic carboxylic acids is 1. The lowest BCUT2D eigenvalue weighted by Crippen LogP contribution is -2.48. The zero-order chi connectivity index (χ0) is 14.1. The lowest BCUT2D eigenvalue weighted by atomic mass is 9.65. The van der Waals surface area contributed by atoms with Crippen LogP contribution < -0.4 is 5.11 Å². The molecule has 1 saturated carbocycles. The Kier molecular flexibility index (Phi) is 3.71. The Morgan fingerprint density at radius 2 is 1.89 bits per heavy atom. The molecular weight excluding hydrogens is 236 g/mol. The Balaban J connectivity index is 2.05. The molecule has 0 bridgehead atoms. The van der Waals surface area contributed by atoms with Gasteiger partial charge in [0.1, 0.15) is 0 Å². The van der Waals surface area contributed by atoms with Gasteiger partial charge in [0, 0.05) is 11.4 Å². The predicted molar refractivity (Wildman–Crippen MR) is 74.4 cm³/mol. The van der Waals surface area contributed by atoms with E-state index in [0.717, 1.165) is 25.7 Å². The average Bonchev–Trinajstić information content (AvgIpc) is 2.61. The molecule has 0 aliphatic heterocycles. The Hall–Kier alpha value is -1.31. The molecule has 0 heterocycles. The van der Waals surface area contributed by atoms with Gasteiger partial charge in [-0.1, -0.05) is 51.1 Å². The van der Waals surface area contributed by atoms with Gasteiger partial charge in [-0.2, -0.15) is 0 Å². The molecule has 0 radical (unpaired) electrons. The maximum absolute atomic E-state index is 11.4. The van der Waals surface area contributed by atoms with E-state index in [1.807, 2.05) is 13.0 Å². The molecule has 1 aromatic rings. The fourth-order valence-corrected chi connectivity index (χ4v) is 3.45. The number of aryl methyl sites for hydroxylation is 1. The first-order valence-corrected chi connectivity index (χ1v) is 7.13. The van der Waals surface area contributed by atoms with Crippen LogP contribution in [0.25, 0.3) is 0 Å². The molecular formula is C17H23O2-. The van der Waals surface area contributed by atoms with Gasteiger partial charge in [-0.25, -0.2) is 0 Å². The highest BCUT2D eigenvalue weighted by Crippen LogP contribution is 2.56. The van der Waals surface area contributed by atoms with Gasteiger partial charge < -0.3 is 9.90 Å². The summed E-state index contributed by atoms with van der Waals surface area (Å²) in [6.07, 6.45) is 3.81. The van der Waals surface area contributed by atoms with Crippen LogP contribution in [0.2, 0.25) is 0 Å². The van der Waals surface area contributed by atoms with Crippen molar-refractivity contribution in [3.05, 3.63) is 35.9 Å². The first-order valence-electron chi connectivity index (χ1n) is 7.13. The second-order valence-electron chi connectivity index (χ2n) is 6.60. The van der Waals surface area contributed by atoms with Gasteiger partial charge in [-0.3, -0.25) is 0 Å². The first-order chi connectivity index (χ1) is 8.88. The van der Waals surface area contributed by atoms with Crippen molar-refractivity contribution in [2.24, 2.45) is 16.7 Å². The Labute approximate surface area is 115 Å². The Morgan fingerprint density at radius 1 is 1.26 bits per heavy atom. The Morgan fingerprint density at radius 3 is 2.42 bits per heavy atom. The van der Waals surface area contributed by atoms with E-state index in [4.69, 9.17) is 0 Å². The molecule has 0 aromatic heterocycles. The largest absolute Gasteiger partial charge is 0.550 e. The van der Waals surface area contributed by atoms with Gasteiger partial charge in [0.25, 0.3) is 0 Å². The van der Waals surface area contributed by atoms with Crippen molar-refractivity contribution in [3.8, 4) is 0 Å². The SMILES string of the molecule is CC1(C)[C@H](CCc2ccccc2)CC[C@@]1(C)C(=O)[O-]. The fourth-order valence-electron chi connectivity index (χ4n) is 3.45. The molecule has 2 heteroatoms. The number of hydrogen-bond donors (Lipinski definition) is 0. The van der Waals surface area contributed by atoms with Gasteiger partial charge in [0.2, 0.25) is 0 Å². The van der Waals surface area contributed by atoms with Crippen LogP contribution in [0.4, 0.5) is 0 Å². The molecule has 1 fully saturated rings. The highest BCUT2D eigenvalue weighted by atomic mass is 16.4. The maximum atomic E-state index is 11.4. The molecule has 2 rings (SSSR count). The zero-order valence-electron chi connectivity index (χ0n) is 12.1. The summed E-state index contributed by atoms with van der Waals surface area (Å²) in [5, 5.41) is 11.4. The summed E-state index contributed by atoms with van der Waals surface area (Å²) < 4.78 is 0. The van der Waals surface area contributed by atoms with Gasteiger partial charge in [0.05, 0.1) is 0 Å². The molecule has 1 aliphatic carbocycles.